The molecule has 0 saturated heterocycles. The van der Waals surface area contributed by atoms with Gasteiger partial charge in [0.25, 0.3) is 0 Å². The maximum Gasteiger partial charge on any atom is 0.341 e. The first-order chi connectivity index (χ1) is 13.0. The van der Waals surface area contributed by atoms with Crippen molar-refractivity contribution >= 4 is 17.7 Å². The van der Waals surface area contributed by atoms with Crippen molar-refractivity contribution in [1.82, 2.24) is 5.32 Å². The molecule has 1 aliphatic heterocycles. The fraction of sp³-hybridized carbons (Fsp3) is 0.250. The lowest BCUT2D eigenvalue weighted by molar-refractivity contribution is -0.147. The highest BCUT2D eigenvalue weighted by Crippen LogP contribution is 2.29. The Labute approximate surface area is 156 Å². The average molecular weight is 368 g/mol. The summed E-state index contributed by atoms with van der Waals surface area (Å²) in [7, 11) is 0. The van der Waals surface area contributed by atoms with Crippen LogP contribution in [-0.4, -0.2) is 36.0 Å². The molecule has 1 heterocycles. The normalized spacial score (nSPS) is 19.0. The van der Waals surface area contributed by atoms with Crippen molar-refractivity contribution in [3.8, 4) is 11.5 Å². The van der Waals surface area contributed by atoms with E-state index in [1.807, 2.05) is 30.3 Å². The van der Waals surface area contributed by atoms with Gasteiger partial charge in [0.05, 0.1) is 6.04 Å². The van der Waals surface area contributed by atoms with Crippen molar-refractivity contribution in [2.45, 2.75) is 13.0 Å². The Balaban J connectivity index is 1.66. The van der Waals surface area contributed by atoms with Gasteiger partial charge in [-0.05, 0) is 36.8 Å². The molecule has 2 aromatic carbocycles. The van der Waals surface area contributed by atoms with E-state index in [2.05, 4.69) is 10.3 Å². The number of carbonyl (C=O) groups is 2. The fourth-order valence-corrected chi connectivity index (χ4v) is 2.93. The molecule has 2 atom stereocenters. The molecular weight excluding hydrogens is 348 g/mol. The van der Waals surface area contributed by atoms with Gasteiger partial charge in [-0.1, -0.05) is 30.3 Å². The van der Waals surface area contributed by atoms with Crippen LogP contribution < -0.4 is 10.1 Å². The lowest BCUT2D eigenvalue weighted by atomic mass is 9.88. The molecule has 0 radical (unpaired) electrons. The minimum atomic E-state index is -0.777. The summed E-state index contributed by atoms with van der Waals surface area (Å²) >= 11 is 0. The summed E-state index contributed by atoms with van der Waals surface area (Å²) in [4.78, 5) is 28.2. The van der Waals surface area contributed by atoms with Crippen molar-refractivity contribution in [2.24, 2.45) is 10.9 Å². The van der Waals surface area contributed by atoms with E-state index in [-0.39, 0.29) is 19.0 Å². The van der Waals surface area contributed by atoms with Gasteiger partial charge >= 0.3 is 12.0 Å². The number of ether oxygens (including phenoxy) is 2. The highest BCUT2D eigenvalue weighted by Gasteiger charge is 2.38. The van der Waals surface area contributed by atoms with E-state index >= 15 is 0 Å². The van der Waals surface area contributed by atoms with Crippen LogP contribution in [0.1, 0.15) is 18.5 Å². The molecule has 2 N–H and O–H groups in total. The predicted octanol–water partition coefficient (Wildman–Crippen LogP) is 2.86. The zero-order valence-electron chi connectivity index (χ0n) is 14.8. The summed E-state index contributed by atoms with van der Waals surface area (Å²) in [6, 6.07) is 14.4. The van der Waals surface area contributed by atoms with Gasteiger partial charge < -0.3 is 19.9 Å². The van der Waals surface area contributed by atoms with E-state index < -0.39 is 24.0 Å². The van der Waals surface area contributed by atoms with Crippen LogP contribution in [0.3, 0.4) is 0 Å². The zero-order valence-corrected chi connectivity index (χ0v) is 14.8. The van der Waals surface area contributed by atoms with E-state index in [1.54, 1.807) is 19.1 Å². The monoisotopic (exact) mass is 368 g/mol. The molecule has 7 heteroatoms. The number of urea groups is 1. The van der Waals surface area contributed by atoms with E-state index in [4.69, 9.17) is 9.47 Å². The standard InChI is InChI=1S/C20H20N2O5/c1-13-17(19(24)27-11-10-26-16-8-3-2-4-9-16)18(22-20(25)21-13)14-6-5-7-15(23)12-14/h2-9,12,17-18,23H,10-11H2,1H3,(H,22,25). The lowest BCUT2D eigenvalue weighted by Gasteiger charge is -2.29. The second-order valence-corrected chi connectivity index (χ2v) is 6.08. The summed E-state index contributed by atoms with van der Waals surface area (Å²) in [5.41, 5.74) is 0.959. The number of phenolic OH excluding ortho intramolecular Hbond substituents is 1. The molecule has 140 valence electrons. The summed E-state index contributed by atoms with van der Waals surface area (Å²) in [6.07, 6.45) is 0. The Morgan fingerprint density at radius 3 is 2.67 bits per heavy atom. The van der Waals surface area contributed by atoms with Gasteiger partial charge in [0, 0.05) is 5.71 Å². The quantitative estimate of drug-likeness (QED) is 0.604. The van der Waals surface area contributed by atoms with Crippen LogP contribution in [0.2, 0.25) is 0 Å². The molecule has 0 aliphatic carbocycles. The molecule has 2 aromatic rings. The molecule has 27 heavy (non-hydrogen) atoms. The predicted molar refractivity (Wildman–Crippen MR) is 98.9 cm³/mol. The van der Waals surface area contributed by atoms with Crippen LogP contribution in [0.4, 0.5) is 4.79 Å². The molecule has 0 bridgehead atoms. The second-order valence-electron chi connectivity index (χ2n) is 6.08. The van der Waals surface area contributed by atoms with Gasteiger partial charge in [-0.25, -0.2) is 9.79 Å². The molecule has 1 aliphatic rings. The van der Waals surface area contributed by atoms with Crippen LogP contribution in [0.25, 0.3) is 0 Å². The van der Waals surface area contributed by atoms with Crippen LogP contribution in [0, 0.1) is 5.92 Å². The lowest BCUT2D eigenvalue weighted by Crippen LogP contribution is -2.44. The van der Waals surface area contributed by atoms with Gasteiger partial charge in [-0.3, -0.25) is 4.79 Å². The zero-order chi connectivity index (χ0) is 19.2. The minimum absolute atomic E-state index is 0.0466. The fourth-order valence-electron chi connectivity index (χ4n) is 2.93. The number of aromatic hydroxyl groups is 1. The maximum atomic E-state index is 12.6. The number of nitrogens with one attached hydrogen (secondary N) is 1. The summed E-state index contributed by atoms with van der Waals surface area (Å²) in [5, 5.41) is 12.4. The third-order valence-corrected chi connectivity index (χ3v) is 4.16. The molecule has 0 aromatic heterocycles. The van der Waals surface area contributed by atoms with Crippen molar-refractivity contribution in [1.29, 1.82) is 0 Å². The molecule has 0 spiro atoms. The highest BCUT2D eigenvalue weighted by molar-refractivity contribution is 6.08. The molecule has 0 saturated carbocycles. The smallest absolute Gasteiger partial charge is 0.341 e. The minimum Gasteiger partial charge on any atom is -0.508 e. The average Bonchev–Trinajstić information content (AvgIpc) is 2.65. The largest absolute Gasteiger partial charge is 0.508 e. The molecule has 2 amide bonds. The van der Waals surface area contributed by atoms with Gasteiger partial charge in [0.1, 0.15) is 30.6 Å². The Morgan fingerprint density at radius 1 is 1.15 bits per heavy atom. The van der Waals surface area contributed by atoms with E-state index in [9.17, 15) is 14.7 Å². The number of benzene rings is 2. The maximum absolute atomic E-state index is 12.6. The number of rotatable bonds is 6. The third kappa shape index (κ3) is 4.63. The Kier molecular flexibility index (Phi) is 5.71. The third-order valence-electron chi connectivity index (χ3n) is 4.16. The topological polar surface area (TPSA) is 97.2 Å². The van der Waals surface area contributed by atoms with Crippen molar-refractivity contribution in [3.05, 3.63) is 60.2 Å². The summed E-state index contributed by atoms with van der Waals surface area (Å²) < 4.78 is 10.8. The number of aliphatic imine (C=N–C) groups is 1. The number of esters is 1. The van der Waals surface area contributed by atoms with Gasteiger partial charge in [0.15, 0.2) is 0 Å². The SMILES string of the molecule is CC1=NC(=O)NC(c2cccc(O)c2)C1C(=O)OCCOc1ccccc1. The van der Waals surface area contributed by atoms with E-state index in [0.717, 1.165) is 0 Å². The van der Waals surface area contributed by atoms with E-state index in [1.165, 1.54) is 12.1 Å². The Bertz CT molecular complexity index is 850. The highest BCUT2D eigenvalue weighted by atomic mass is 16.6. The molecule has 7 nitrogen and oxygen atoms in total. The number of hydrogen-bond donors (Lipinski definition) is 2. The van der Waals surface area contributed by atoms with Crippen molar-refractivity contribution in [2.75, 3.05) is 13.2 Å². The first kappa shape index (κ1) is 18.4. The van der Waals surface area contributed by atoms with Crippen LogP contribution >= 0.6 is 0 Å². The van der Waals surface area contributed by atoms with Gasteiger partial charge in [-0.15, -0.1) is 0 Å². The van der Waals surface area contributed by atoms with Gasteiger partial charge in [-0.2, -0.15) is 0 Å². The number of para-hydroxylation sites is 1. The van der Waals surface area contributed by atoms with Crippen molar-refractivity contribution < 1.29 is 24.2 Å². The number of nitrogens with zero attached hydrogens (tertiary/aromatic N) is 1. The first-order valence-electron chi connectivity index (χ1n) is 8.53. The number of phenols is 1. The molecule has 2 unspecified atom stereocenters. The van der Waals surface area contributed by atoms with Crippen LogP contribution in [0.15, 0.2) is 59.6 Å². The van der Waals surface area contributed by atoms with Crippen molar-refractivity contribution in [3.63, 3.8) is 0 Å². The van der Waals surface area contributed by atoms with Crippen LogP contribution in [0.5, 0.6) is 11.5 Å². The molecule has 3 rings (SSSR count). The molecular formula is C20H20N2O5. The summed E-state index contributed by atoms with van der Waals surface area (Å²) in [6.45, 7) is 1.89. The number of amides is 2. The first-order valence-corrected chi connectivity index (χ1v) is 8.53. The van der Waals surface area contributed by atoms with Gasteiger partial charge in [0.2, 0.25) is 0 Å². The van der Waals surface area contributed by atoms with E-state index in [0.29, 0.717) is 17.0 Å². The Hall–Kier alpha value is -3.35. The Morgan fingerprint density at radius 2 is 1.93 bits per heavy atom. The number of carbonyl (C=O) groups excluding carboxylic acids is 2. The second kappa shape index (κ2) is 8.35. The van der Waals surface area contributed by atoms with Crippen LogP contribution in [-0.2, 0) is 9.53 Å². The number of hydrogen-bond acceptors (Lipinski definition) is 5. The summed E-state index contributed by atoms with van der Waals surface area (Å²) in [5.74, 6) is -0.554. The molecule has 0 fully saturated rings.